The van der Waals surface area contributed by atoms with Gasteiger partial charge in [0.25, 0.3) is 0 Å². The quantitative estimate of drug-likeness (QED) is 0.850. The lowest BCUT2D eigenvalue weighted by Gasteiger charge is -2.25. The molecule has 1 fully saturated rings. The zero-order chi connectivity index (χ0) is 12.3. The van der Waals surface area contributed by atoms with Gasteiger partial charge < -0.3 is 9.84 Å². The van der Waals surface area contributed by atoms with Crippen molar-refractivity contribution in [2.75, 3.05) is 26.2 Å². The molecule has 96 valence electrons. The van der Waals surface area contributed by atoms with Gasteiger partial charge in [0, 0.05) is 26.2 Å². The minimum Gasteiger partial charge on any atom is -0.339 e. The monoisotopic (exact) mass is 250 g/mol. The highest BCUT2D eigenvalue weighted by molar-refractivity contribution is 4.89. The van der Waals surface area contributed by atoms with Crippen molar-refractivity contribution in [2.24, 2.45) is 0 Å². The Morgan fingerprint density at radius 1 is 1.29 bits per heavy atom. The van der Waals surface area contributed by atoms with E-state index in [1.54, 1.807) is 0 Å². The first kappa shape index (κ1) is 12.3. The zero-order valence-corrected chi connectivity index (χ0v) is 9.13. The first-order valence-electron chi connectivity index (χ1n) is 5.34. The van der Waals surface area contributed by atoms with E-state index in [2.05, 4.69) is 24.9 Å². The lowest BCUT2D eigenvalue weighted by Crippen LogP contribution is -2.43. The predicted molar refractivity (Wildman–Crippen MR) is 52.2 cm³/mol. The number of hydrogen-bond acceptors (Lipinski definition) is 5. The van der Waals surface area contributed by atoms with Crippen molar-refractivity contribution in [2.45, 2.75) is 19.1 Å². The van der Waals surface area contributed by atoms with E-state index in [9.17, 15) is 13.2 Å². The van der Waals surface area contributed by atoms with Crippen LogP contribution < -0.4 is 5.32 Å². The summed E-state index contributed by atoms with van der Waals surface area (Å²) in [7, 11) is 0. The maximum Gasteiger partial charge on any atom is 0.397 e. The molecule has 2 rings (SSSR count). The Labute approximate surface area is 96.0 Å². The molecule has 0 bridgehead atoms. The lowest BCUT2D eigenvalue weighted by molar-refractivity contribution is -0.131. The van der Waals surface area contributed by atoms with Crippen molar-refractivity contribution in [1.29, 1.82) is 0 Å². The van der Waals surface area contributed by atoms with Gasteiger partial charge in [-0.05, 0) is 0 Å². The summed E-state index contributed by atoms with van der Waals surface area (Å²) >= 11 is 0. The van der Waals surface area contributed by atoms with Crippen LogP contribution in [0.3, 0.4) is 0 Å². The van der Waals surface area contributed by atoms with Gasteiger partial charge in [0.1, 0.15) is 6.42 Å². The zero-order valence-electron chi connectivity index (χ0n) is 9.13. The summed E-state index contributed by atoms with van der Waals surface area (Å²) in [6.45, 7) is 3.84. The summed E-state index contributed by atoms with van der Waals surface area (Å²) in [6, 6.07) is 0. The first-order valence-corrected chi connectivity index (χ1v) is 5.34. The maximum absolute atomic E-state index is 12.1. The van der Waals surface area contributed by atoms with Crippen molar-refractivity contribution in [3.63, 3.8) is 0 Å². The largest absolute Gasteiger partial charge is 0.397 e. The molecule has 0 radical (unpaired) electrons. The average molecular weight is 250 g/mol. The maximum atomic E-state index is 12.1. The summed E-state index contributed by atoms with van der Waals surface area (Å²) in [5.74, 6) is -0.0613. The van der Waals surface area contributed by atoms with E-state index in [1.807, 2.05) is 0 Å². The molecule has 1 saturated heterocycles. The van der Waals surface area contributed by atoms with Crippen LogP contribution in [-0.2, 0) is 13.0 Å². The molecule has 1 aromatic heterocycles. The van der Waals surface area contributed by atoms with E-state index in [0.29, 0.717) is 12.4 Å². The summed E-state index contributed by atoms with van der Waals surface area (Å²) in [5.41, 5.74) is 0. The third kappa shape index (κ3) is 3.97. The molecule has 0 atom stereocenters. The van der Waals surface area contributed by atoms with Crippen LogP contribution in [0.25, 0.3) is 0 Å². The standard InChI is InChI=1S/C9H13F3N4O/c10-9(11,12)5-8-14-7(15-17-8)6-16-3-1-13-2-4-16/h13H,1-6H2. The third-order valence-corrected chi connectivity index (χ3v) is 2.44. The highest BCUT2D eigenvalue weighted by Gasteiger charge is 2.31. The SMILES string of the molecule is FC(F)(F)Cc1nc(CN2CCNCC2)no1. The molecule has 0 aliphatic carbocycles. The van der Waals surface area contributed by atoms with Crippen LogP contribution in [0.1, 0.15) is 11.7 Å². The molecular formula is C9H13F3N4O. The molecule has 1 aliphatic heterocycles. The van der Waals surface area contributed by atoms with Crippen molar-refractivity contribution >= 4 is 0 Å². The number of alkyl halides is 3. The van der Waals surface area contributed by atoms with E-state index in [4.69, 9.17) is 0 Å². The number of aromatic nitrogens is 2. The number of nitrogens with one attached hydrogen (secondary N) is 1. The minimum absolute atomic E-state index is 0.311. The Kier molecular flexibility index (Phi) is 3.63. The van der Waals surface area contributed by atoms with E-state index >= 15 is 0 Å². The predicted octanol–water partition coefficient (Wildman–Crippen LogP) is 0.580. The Bertz CT molecular complexity index is 359. The van der Waals surface area contributed by atoms with Gasteiger partial charge in [-0.25, -0.2) is 0 Å². The topological polar surface area (TPSA) is 54.2 Å². The van der Waals surface area contributed by atoms with Gasteiger partial charge in [-0.2, -0.15) is 18.2 Å². The second kappa shape index (κ2) is 5.01. The number of rotatable bonds is 3. The summed E-state index contributed by atoms with van der Waals surface area (Å²) in [6.07, 6.45) is -5.47. The van der Waals surface area contributed by atoms with Gasteiger partial charge in [-0.1, -0.05) is 5.16 Å². The van der Waals surface area contributed by atoms with Crippen LogP contribution in [0.15, 0.2) is 4.52 Å². The Morgan fingerprint density at radius 3 is 2.65 bits per heavy atom. The van der Waals surface area contributed by atoms with E-state index in [-0.39, 0.29) is 5.89 Å². The van der Waals surface area contributed by atoms with Crippen LogP contribution >= 0.6 is 0 Å². The normalized spacial score (nSPS) is 18.5. The first-order chi connectivity index (χ1) is 8.03. The Morgan fingerprint density at radius 2 is 2.00 bits per heavy atom. The van der Waals surface area contributed by atoms with Crippen molar-refractivity contribution in [1.82, 2.24) is 20.4 Å². The van der Waals surface area contributed by atoms with Gasteiger partial charge in [-0.15, -0.1) is 0 Å². The highest BCUT2D eigenvalue weighted by Crippen LogP contribution is 2.20. The molecule has 0 spiro atoms. The van der Waals surface area contributed by atoms with Gasteiger partial charge in [-0.3, -0.25) is 4.90 Å². The van der Waals surface area contributed by atoms with Crippen LogP contribution in [-0.4, -0.2) is 47.4 Å². The summed E-state index contributed by atoms with van der Waals surface area (Å²) in [5, 5.41) is 6.73. The van der Waals surface area contributed by atoms with Crippen LogP contribution in [0, 0.1) is 0 Å². The van der Waals surface area contributed by atoms with Gasteiger partial charge in [0.15, 0.2) is 5.82 Å². The molecule has 1 aliphatic rings. The summed E-state index contributed by atoms with van der Waals surface area (Å²) in [4.78, 5) is 5.80. The molecule has 0 saturated carbocycles. The number of nitrogens with zero attached hydrogens (tertiary/aromatic N) is 3. The number of hydrogen-bond donors (Lipinski definition) is 1. The second-order valence-corrected chi connectivity index (χ2v) is 3.92. The van der Waals surface area contributed by atoms with Gasteiger partial charge in [0.2, 0.25) is 5.89 Å². The number of piperazine rings is 1. The molecule has 1 N–H and O–H groups in total. The van der Waals surface area contributed by atoms with Gasteiger partial charge >= 0.3 is 6.18 Å². The van der Waals surface area contributed by atoms with Crippen molar-refractivity contribution < 1.29 is 17.7 Å². The van der Waals surface area contributed by atoms with Crippen LogP contribution in [0.4, 0.5) is 13.2 Å². The molecule has 1 aromatic rings. The molecule has 0 aromatic carbocycles. The fourth-order valence-corrected chi connectivity index (χ4v) is 1.67. The molecule has 2 heterocycles. The second-order valence-electron chi connectivity index (χ2n) is 3.92. The van der Waals surface area contributed by atoms with Crippen molar-refractivity contribution in [3.8, 4) is 0 Å². The molecule has 8 heteroatoms. The molecule has 17 heavy (non-hydrogen) atoms. The third-order valence-electron chi connectivity index (χ3n) is 2.44. The summed E-state index contributed by atoms with van der Waals surface area (Å²) < 4.78 is 40.7. The van der Waals surface area contributed by atoms with Crippen LogP contribution in [0.5, 0.6) is 0 Å². The molecule has 5 nitrogen and oxygen atoms in total. The fourth-order valence-electron chi connectivity index (χ4n) is 1.67. The van der Waals surface area contributed by atoms with E-state index in [0.717, 1.165) is 26.2 Å². The van der Waals surface area contributed by atoms with Crippen molar-refractivity contribution in [3.05, 3.63) is 11.7 Å². The number of halogens is 3. The van der Waals surface area contributed by atoms with E-state index < -0.39 is 12.6 Å². The Balaban J connectivity index is 1.89. The Hall–Kier alpha value is -1.15. The molecular weight excluding hydrogens is 237 g/mol. The molecule has 0 amide bonds. The fraction of sp³-hybridized carbons (Fsp3) is 0.778. The van der Waals surface area contributed by atoms with Gasteiger partial charge in [0.05, 0.1) is 6.54 Å². The molecule has 0 unspecified atom stereocenters. The van der Waals surface area contributed by atoms with Crippen LogP contribution in [0.2, 0.25) is 0 Å². The van der Waals surface area contributed by atoms with E-state index in [1.165, 1.54) is 0 Å². The minimum atomic E-state index is -4.31. The smallest absolute Gasteiger partial charge is 0.339 e. The highest BCUT2D eigenvalue weighted by atomic mass is 19.4. The average Bonchev–Trinajstić information content (AvgIpc) is 2.64. The lowest BCUT2D eigenvalue weighted by atomic mass is 10.3.